The molecule has 0 aliphatic carbocycles. The van der Waals surface area contributed by atoms with Gasteiger partial charge in [0.25, 0.3) is 0 Å². The molecule has 1 unspecified atom stereocenters. The van der Waals surface area contributed by atoms with Crippen molar-refractivity contribution in [2.75, 3.05) is 13.2 Å². The lowest BCUT2D eigenvalue weighted by Gasteiger charge is -2.00. The zero-order valence-corrected chi connectivity index (χ0v) is 10.3. The molecule has 2 aliphatic rings. The van der Waals surface area contributed by atoms with Crippen LogP contribution in [0.4, 0.5) is 0 Å². The first kappa shape index (κ1) is 13.7. The van der Waals surface area contributed by atoms with Gasteiger partial charge in [-0.25, -0.2) is 4.79 Å². The summed E-state index contributed by atoms with van der Waals surface area (Å²) in [5.74, 6) is 0.294. The fourth-order valence-electron chi connectivity index (χ4n) is 1.66. The topological polar surface area (TPSA) is 52.6 Å². The minimum atomic E-state index is -0.206. The molecule has 0 spiro atoms. The second kappa shape index (κ2) is 7.87. The molecule has 0 aromatic carbocycles. The van der Waals surface area contributed by atoms with Crippen molar-refractivity contribution >= 4 is 11.9 Å². The first-order valence-corrected chi connectivity index (χ1v) is 6.17. The summed E-state index contributed by atoms with van der Waals surface area (Å²) in [6.07, 6.45) is 8.02. The van der Waals surface area contributed by atoms with Crippen LogP contribution in [-0.2, 0) is 19.1 Å². The fraction of sp³-hybridized carbons (Fsp3) is 0.692. The van der Waals surface area contributed by atoms with Crippen LogP contribution >= 0.6 is 0 Å². The molecular formula is C13H20O4. The van der Waals surface area contributed by atoms with Crippen molar-refractivity contribution in [2.24, 2.45) is 5.92 Å². The van der Waals surface area contributed by atoms with Crippen molar-refractivity contribution in [3.8, 4) is 0 Å². The smallest absolute Gasteiger partial charge is 0.330 e. The van der Waals surface area contributed by atoms with E-state index >= 15 is 0 Å². The van der Waals surface area contributed by atoms with Gasteiger partial charge in [0, 0.05) is 12.5 Å². The summed E-state index contributed by atoms with van der Waals surface area (Å²) in [7, 11) is 0. The van der Waals surface area contributed by atoms with Crippen LogP contribution in [0, 0.1) is 5.92 Å². The number of hydrogen-bond acceptors (Lipinski definition) is 4. The molecule has 0 amide bonds. The Kier molecular flexibility index (Phi) is 6.37. The van der Waals surface area contributed by atoms with E-state index in [0.29, 0.717) is 25.6 Å². The molecule has 0 saturated carbocycles. The van der Waals surface area contributed by atoms with Gasteiger partial charge in [0.2, 0.25) is 0 Å². The van der Waals surface area contributed by atoms with Crippen LogP contribution in [0.15, 0.2) is 12.2 Å². The molecule has 0 N–H and O–H groups in total. The molecule has 2 rings (SSSR count). The summed E-state index contributed by atoms with van der Waals surface area (Å²) in [4.78, 5) is 21.0. The van der Waals surface area contributed by atoms with Crippen molar-refractivity contribution in [1.29, 1.82) is 0 Å². The van der Waals surface area contributed by atoms with Crippen LogP contribution in [-0.4, -0.2) is 25.2 Å². The molecule has 17 heavy (non-hydrogen) atoms. The van der Waals surface area contributed by atoms with E-state index in [9.17, 15) is 9.59 Å². The Morgan fingerprint density at radius 3 is 2.76 bits per heavy atom. The number of ether oxygens (including phenoxy) is 2. The van der Waals surface area contributed by atoms with E-state index in [1.165, 1.54) is 6.08 Å². The Hall–Kier alpha value is -1.32. The summed E-state index contributed by atoms with van der Waals surface area (Å²) in [5.41, 5.74) is 0. The second-order valence-corrected chi connectivity index (χ2v) is 4.38. The molecule has 2 aliphatic heterocycles. The zero-order valence-electron chi connectivity index (χ0n) is 10.3. The molecule has 0 bridgehead atoms. The van der Waals surface area contributed by atoms with Gasteiger partial charge in [-0.15, -0.1) is 0 Å². The Balaban J connectivity index is 0.000000171. The summed E-state index contributed by atoms with van der Waals surface area (Å²) in [6, 6.07) is 0. The maximum Gasteiger partial charge on any atom is 0.330 e. The molecule has 0 aromatic heterocycles. The van der Waals surface area contributed by atoms with Crippen molar-refractivity contribution in [3.63, 3.8) is 0 Å². The third-order valence-electron chi connectivity index (χ3n) is 2.63. The van der Waals surface area contributed by atoms with Gasteiger partial charge in [0.1, 0.15) is 0 Å². The molecule has 4 nitrogen and oxygen atoms in total. The minimum Gasteiger partial charge on any atom is -0.466 e. The first-order chi connectivity index (χ1) is 8.18. The van der Waals surface area contributed by atoms with E-state index in [4.69, 9.17) is 4.74 Å². The average Bonchev–Trinajstić information content (AvgIpc) is 2.62. The third-order valence-corrected chi connectivity index (χ3v) is 2.63. The summed E-state index contributed by atoms with van der Waals surface area (Å²) < 4.78 is 9.51. The Morgan fingerprint density at radius 2 is 1.94 bits per heavy atom. The van der Waals surface area contributed by atoms with Crippen molar-refractivity contribution < 1.29 is 19.1 Å². The Bertz CT molecular complexity index is 283. The number of rotatable bonds is 0. The predicted molar refractivity (Wildman–Crippen MR) is 63.3 cm³/mol. The van der Waals surface area contributed by atoms with Crippen molar-refractivity contribution in [1.82, 2.24) is 0 Å². The van der Waals surface area contributed by atoms with Crippen LogP contribution in [0.2, 0.25) is 0 Å². The highest BCUT2D eigenvalue weighted by Gasteiger charge is 2.13. The average molecular weight is 240 g/mol. The van der Waals surface area contributed by atoms with Gasteiger partial charge in [-0.1, -0.05) is 13.0 Å². The minimum absolute atomic E-state index is 0.0278. The second-order valence-electron chi connectivity index (χ2n) is 4.38. The van der Waals surface area contributed by atoms with Crippen LogP contribution in [0.25, 0.3) is 0 Å². The van der Waals surface area contributed by atoms with Crippen LogP contribution in [0.1, 0.15) is 39.0 Å². The van der Waals surface area contributed by atoms with E-state index < -0.39 is 0 Å². The predicted octanol–water partition coefficient (Wildman–Crippen LogP) is 2.23. The number of carbonyl (C=O) groups is 2. The highest BCUT2D eigenvalue weighted by molar-refractivity contribution is 5.82. The van der Waals surface area contributed by atoms with E-state index in [-0.39, 0.29) is 11.9 Å². The summed E-state index contributed by atoms with van der Waals surface area (Å²) in [5, 5.41) is 0. The lowest BCUT2D eigenvalue weighted by atomic mass is 10.0. The quantitative estimate of drug-likeness (QED) is 0.609. The molecule has 1 fully saturated rings. The van der Waals surface area contributed by atoms with E-state index in [1.807, 2.05) is 6.08 Å². The Labute approximate surface area is 102 Å². The highest BCUT2D eigenvalue weighted by atomic mass is 16.5. The van der Waals surface area contributed by atoms with Gasteiger partial charge in [0.05, 0.1) is 13.2 Å². The molecule has 1 atom stereocenters. The Morgan fingerprint density at radius 1 is 1.18 bits per heavy atom. The van der Waals surface area contributed by atoms with E-state index in [0.717, 1.165) is 25.7 Å². The molecule has 4 heteroatoms. The third kappa shape index (κ3) is 6.76. The molecule has 0 aromatic rings. The standard InChI is InChI=1S/C7H12O2.C6H8O2/c1-6-3-2-4-9-7(8)5-6;7-6-4-2-1-3-5-8-6/h6H,2-5H2,1H3;2,4H,1,3,5H2. The van der Waals surface area contributed by atoms with E-state index in [2.05, 4.69) is 11.7 Å². The lowest BCUT2D eigenvalue weighted by molar-refractivity contribution is -0.143. The van der Waals surface area contributed by atoms with Gasteiger partial charge in [-0.2, -0.15) is 0 Å². The molecular weight excluding hydrogens is 220 g/mol. The molecule has 96 valence electrons. The van der Waals surface area contributed by atoms with Crippen LogP contribution < -0.4 is 0 Å². The number of hydrogen-bond donors (Lipinski definition) is 0. The molecule has 0 radical (unpaired) electrons. The number of cyclic esters (lactones) is 2. The summed E-state index contributed by atoms with van der Waals surface area (Å²) in [6.45, 7) is 3.29. The van der Waals surface area contributed by atoms with Crippen molar-refractivity contribution in [3.05, 3.63) is 12.2 Å². The van der Waals surface area contributed by atoms with Crippen LogP contribution in [0.5, 0.6) is 0 Å². The SMILES string of the molecule is CC1CCCOC(=O)C1.O=C1C=CCCCO1. The van der Waals surface area contributed by atoms with Crippen molar-refractivity contribution in [2.45, 2.75) is 39.0 Å². The van der Waals surface area contributed by atoms with Gasteiger partial charge in [-0.05, 0) is 31.6 Å². The maximum atomic E-state index is 10.7. The van der Waals surface area contributed by atoms with Crippen LogP contribution in [0.3, 0.4) is 0 Å². The molecule has 2 heterocycles. The number of esters is 2. The van der Waals surface area contributed by atoms with E-state index in [1.54, 1.807) is 0 Å². The monoisotopic (exact) mass is 240 g/mol. The van der Waals surface area contributed by atoms with Gasteiger partial charge >= 0.3 is 11.9 Å². The largest absolute Gasteiger partial charge is 0.466 e. The molecule has 1 saturated heterocycles. The number of allylic oxidation sites excluding steroid dienone is 1. The van der Waals surface area contributed by atoms with Gasteiger partial charge in [-0.3, -0.25) is 4.79 Å². The summed E-state index contributed by atoms with van der Waals surface area (Å²) >= 11 is 0. The highest BCUT2D eigenvalue weighted by Crippen LogP contribution is 2.14. The van der Waals surface area contributed by atoms with Gasteiger partial charge in [0.15, 0.2) is 0 Å². The first-order valence-electron chi connectivity index (χ1n) is 6.17. The fourth-order valence-corrected chi connectivity index (χ4v) is 1.66. The zero-order chi connectivity index (χ0) is 12.5. The normalized spacial score (nSPS) is 24.6. The lowest BCUT2D eigenvalue weighted by Crippen LogP contribution is -2.03. The van der Waals surface area contributed by atoms with Gasteiger partial charge < -0.3 is 9.47 Å². The number of carbonyl (C=O) groups excluding carboxylic acids is 2. The maximum absolute atomic E-state index is 10.7.